The number of carbonyl (C=O) groups excluding carboxylic acids is 1. The maximum atomic E-state index is 14.1. The van der Waals surface area contributed by atoms with E-state index in [4.69, 9.17) is 11.6 Å². The van der Waals surface area contributed by atoms with Gasteiger partial charge in [-0.15, -0.1) is 11.3 Å². The molecule has 56 heavy (non-hydrogen) atoms. The Kier molecular flexibility index (Phi) is 10.6. The lowest BCUT2D eigenvalue weighted by molar-refractivity contribution is -0.127. The number of nitrogens with one attached hydrogen (secondary N) is 1. The van der Waals surface area contributed by atoms with E-state index in [-0.39, 0.29) is 48.0 Å². The average molecular weight is 819 g/mol. The predicted octanol–water partition coefficient (Wildman–Crippen LogP) is 6.12. The first-order chi connectivity index (χ1) is 26.6. The molecule has 4 aromatic heterocycles. The summed E-state index contributed by atoms with van der Waals surface area (Å²) in [6.45, 7) is 5.90. The number of amides is 1. The first kappa shape index (κ1) is 39.2. The van der Waals surface area contributed by atoms with Gasteiger partial charge in [0.2, 0.25) is 10.0 Å². The molecule has 1 saturated carbocycles. The lowest BCUT2D eigenvalue weighted by Crippen LogP contribution is -2.55. The highest BCUT2D eigenvalue weighted by molar-refractivity contribution is 7.90. The molecule has 5 heterocycles. The van der Waals surface area contributed by atoms with Crippen LogP contribution in [0.25, 0.3) is 32.2 Å². The smallest absolute Gasteiger partial charge is 0.267 e. The lowest BCUT2D eigenvalue weighted by Gasteiger charge is -2.46. The summed E-state index contributed by atoms with van der Waals surface area (Å²) in [5.41, 5.74) is 2.30. The Morgan fingerprint density at radius 1 is 1.18 bits per heavy atom. The van der Waals surface area contributed by atoms with Crippen LogP contribution in [-0.2, 0) is 16.6 Å². The molecular weight excluding hydrogens is 782 g/mol. The molecule has 0 atom stereocenters. The van der Waals surface area contributed by atoms with Crippen LogP contribution in [0.5, 0.6) is 0 Å². The van der Waals surface area contributed by atoms with E-state index < -0.39 is 32.7 Å². The molecule has 5 aromatic rings. The van der Waals surface area contributed by atoms with Gasteiger partial charge in [0, 0.05) is 78.4 Å². The SMILES string of the molecule is Cc1nc2cnc(N(C)C3CCN(C4CC(F)(F)C4)CC3)c(C#N)c2c(=O)n1CC#Cc1ccc(Cl)cc1-c1ccnc2c(C(=O)NS(=O)(=O)C(C)C)csc12. The monoisotopic (exact) mass is 818 g/mol. The van der Waals surface area contributed by atoms with Gasteiger partial charge < -0.3 is 4.90 Å². The number of alkyl halides is 2. The number of pyridine rings is 2. The zero-order valence-electron chi connectivity index (χ0n) is 30.9. The number of hydrogen-bond donors (Lipinski definition) is 1. The van der Waals surface area contributed by atoms with Gasteiger partial charge in [0.25, 0.3) is 17.4 Å². The molecule has 1 saturated heterocycles. The van der Waals surface area contributed by atoms with Crippen molar-refractivity contribution < 1.29 is 22.0 Å². The number of likely N-dealkylation sites (tertiary alicyclic amines) is 1. The Labute approximate surface area is 331 Å². The third-order valence-corrected chi connectivity index (χ3v) is 13.5. The predicted molar refractivity (Wildman–Crippen MR) is 213 cm³/mol. The van der Waals surface area contributed by atoms with Crippen LogP contribution in [0.15, 0.2) is 46.8 Å². The minimum absolute atomic E-state index is 0.00419. The van der Waals surface area contributed by atoms with Gasteiger partial charge in [-0.1, -0.05) is 23.4 Å². The third-order valence-electron chi connectivity index (χ3n) is 10.5. The molecular formula is C39H37ClF2N8O4S2. The van der Waals surface area contributed by atoms with Crippen LogP contribution >= 0.6 is 22.9 Å². The molecule has 2 fully saturated rings. The molecule has 0 radical (unpaired) electrons. The second-order valence-electron chi connectivity index (χ2n) is 14.4. The fourth-order valence-corrected chi connectivity index (χ4v) is 9.05. The van der Waals surface area contributed by atoms with Crippen LogP contribution in [0.3, 0.4) is 0 Å². The zero-order chi connectivity index (χ0) is 40.1. The summed E-state index contributed by atoms with van der Waals surface area (Å²) in [7, 11) is -2.03. The molecule has 12 nitrogen and oxygen atoms in total. The Hall–Kier alpha value is -5.00. The number of fused-ring (bicyclic) bond motifs is 2. The molecule has 1 amide bonds. The number of rotatable bonds is 8. The number of piperidine rings is 1. The Morgan fingerprint density at radius 3 is 2.59 bits per heavy atom. The van der Waals surface area contributed by atoms with Crippen LogP contribution in [0.2, 0.25) is 5.02 Å². The van der Waals surface area contributed by atoms with Crippen molar-refractivity contribution in [1.29, 1.82) is 5.26 Å². The summed E-state index contributed by atoms with van der Waals surface area (Å²) >= 11 is 7.68. The molecule has 0 bridgehead atoms. The largest absolute Gasteiger partial charge is 0.355 e. The van der Waals surface area contributed by atoms with Crippen molar-refractivity contribution in [1.82, 2.24) is 29.1 Å². The number of benzene rings is 1. The summed E-state index contributed by atoms with van der Waals surface area (Å²) < 4.78 is 55.9. The molecule has 0 unspecified atom stereocenters. The summed E-state index contributed by atoms with van der Waals surface area (Å²) in [5.74, 6) is 3.62. The van der Waals surface area contributed by atoms with Gasteiger partial charge in [0.05, 0.1) is 44.7 Å². The van der Waals surface area contributed by atoms with Crippen molar-refractivity contribution in [2.24, 2.45) is 0 Å². The Bertz CT molecular complexity index is 2670. The molecule has 1 N–H and O–H groups in total. The first-order valence-electron chi connectivity index (χ1n) is 17.9. The van der Waals surface area contributed by atoms with E-state index in [2.05, 4.69) is 42.5 Å². The van der Waals surface area contributed by atoms with Crippen LogP contribution < -0.4 is 15.2 Å². The van der Waals surface area contributed by atoms with Gasteiger partial charge in [0.15, 0.2) is 0 Å². The van der Waals surface area contributed by atoms with Gasteiger partial charge >= 0.3 is 0 Å². The number of anilines is 1. The van der Waals surface area contributed by atoms with E-state index >= 15 is 0 Å². The molecule has 7 rings (SSSR count). The van der Waals surface area contributed by atoms with Gasteiger partial charge in [0.1, 0.15) is 23.3 Å². The maximum Gasteiger partial charge on any atom is 0.267 e. The number of halogens is 3. The van der Waals surface area contributed by atoms with Crippen LogP contribution in [0.4, 0.5) is 14.6 Å². The molecule has 0 spiro atoms. The summed E-state index contributed by atoms with van der Waals surface area (Å²) in [5, 5.41) is 11.7. The van der Waals surface area contributed by atoms with Crippen molar-refractivity contribution >= 4 is 65.8 Å². The van der Waals surface area contributed by atoms with E-state index in [9.17, 15) is 32.0 Å². The molecule has 1 aliphatic heterocycles. The molecule has 2 aliphatic rings. The molecule has 17 heteroatoms. The van der Waals surface area contributed by atoms with Gasteiger partial charge in [-0.05, 0) is 57.9 Å². The second kappa shape index (κ2) is 15.2. The average Bonchev–Trinajstić information content (AvgIpc) is 3.59. The second-order valence-corrected chi connectivity index (χ2v) is 17.9. The Balaban J connectivity index is 1.17. The fourth-order valence-electron chi connectivity index (χ4n) is 7.24. The number of nitrogens with zero attached hydrogens (tertiary/aromatic N) is 7. The van der Waals surface area contributed by atoms with E-state index in [1.54, 1.807) is 36.6 Å². The summed E-state index contributed by atoms with van der Waals surface area (Å²) in [6, 6.07) is 9.02. The van der Waals surface area contributed by atoms with E-state index in [1.807, 2.05) is 11.9 Å². The number of aromatic nitrogens is 4. The normalized spacial score (nSPS) is 16.3. The van der Waals surface area contributed by atoms with Crippen molar-refractivity contribution in [2.75, 3.05) is 25.0 Å². The lowest BCUT2D eigenvalue weighted by atomic mass is 9.85. The van der Waals surface area contributed by atoms with Crippen molar-refractivity contribution in [3.8, 4) is 29.0 Å². The van der Waals surface area contributed by atoms with Crippen LogP contribution in [0, 0.1) is 30.1 Å². The highest BCUT2D eigenvalue weighted by Gasteiger charge is 2.48. The number of nitriles is 1. The number of hydrogen-bond acceptors (Lipinski definition) is 11. The zero-order valence-corrected chi connectivity index (χ0v) is 33.3. The third kappa shape index (κ3) is 7.46. The summed E-state index contributed by atoms with van der Waals surface area (Å²) in [6.07, 6.45) is 4.22. The standard InChI is InChI=1S/C39H37ClF2N8O4S2/c1-22(2)56(53,54)47-37(51)31-21-55-35-28(9-12-44-34(31)35)29-16-25(40)8-7-24(29)6-5-13-50-23(3)46-32-20-45-36(30(19-43)33(32)38(50)52)48(4)26-10-14-49(15-11-26)27-17-39(41,42)18-27/h7-9,12,16,20-22,26-27H,10-11,13-15,17-18H2,1-4H3,(H,47,51). The van der Waals surface area contributed by atoms with Crippen molar-refractivity contribution in [3.05, 3.63) is 79.9 Å². The number of carbonyl (C=O) groups is 1. The summed E-state index contributed by atoms with van der Waals surface area (Å²) in [4.78, 5) is 44.7. The number of aryl methyl sites for hydroxylation is 1. The molecule has 1 aliphatic carbocycles. The maximum absolute atomic E-state index is 14.1. The number of sulfonamides is 1. The van der Waals surface area contributed by atoms with Crippen molar-refractivity contribution in [3.63, 3.8) is 0 Å². The number of thiophene rings is 1. The minimum Gasteiger partial charge on any atom is -0.355 e. The molecule has 1 aromatic carbocycles. The highest BCUT2D eigenvalue weighted by Crippen LogP contribution is 2.42. The van der Waals surface area contributed by atoms with E-state index in [0.717, 1.165) is 0 Å². The van der Waals surface area contributed by atoms with Crippen molar-refractivity contribution in [2.45, 2.75) is 76.3 Å². The first-order valence-corrected chi connectivity index (χ1v) is 20.7. The van der Waals surface area contributed by atoms with Crippen LogP contribution in [-0.4, -0.2) is 82.1 Å². The fraction of sp³-hybridized carbons (Fsp3) is 0.385. The van der Waals surface area contributed by atoms with Gasteiger partial charge in [-0.25, -0.2) is 31.9 Å². The topological polar surface area (TPSA) is 154 Å². The minimum atomic E-state index is -3.87. The Morgan fingerprint density at radius 2 is 1.91 bits per heavy atom. The highest BCUT2D eigenvalue weighted by atomic mass is 35.5. The quantitative estimate of drug-likeness (QED) is 0.181. The molecule has 290 valence electrons. The van der Waals surface area contributed by atoms with Gasteiger partial charge in [-0.3, -0.25) is 24.0 Å². The van der Waals surface area contributed by atoms with Crippen LogP contribution in [0.1, 0.15) is 66.8 Å². The van der Waals surface area contributed by atoms with Gasteiger partial charge in [-0.2, -0.15) is 5.26 Å². The van der Waals surface area contributed by atoms with E-state index in [0.29, 0.717) is 75.0 Å². The van der Waals surface area contributed by atoms with E-state index in [1.165, 1.54) is 42.1 Å².